The van der Waals surface area contributed by atoms with Gasteiger partial charge in [0.2, 0.25) is 5.91 Å². The summed E-state index contributed by atoms with van der Waals surface area (Å²) in [5, 5.41) is 2.92. The second kappa shape index (κ2) is 6.78. The molecule has 0 radical (unpaired) electrons. The molecule has 6 heteroatoms. The minimum atomic E-state index is -0.185. The molecule has 2 aromatic heterocycles. The van der Waals surface area contributed by atoms with Gasteiger partial charge in [0.05, 0.1) is 17.3 Å². The summed E-state index contributed by atoms with van der Waals surface area (Å²) in [6.45, 7) is 4.42. The molecule has 1 amide bonds. The van der Waals surface area contributed by atoms with Gasteiger partial charge < -0.3 is 9.73 Å². The van der Waals surface area contributed by atoms with Crippen LogP contribution in [-0.4, -0.2) is 21.1 Å². The lowest BCUT2D eigenvalue weighted by Crippen LogP contribution is -2.38. The number of nitrogens with one attached hydrogen (secondary N) is 1. The molecule has 0 spiro atoms. The highest BCUT2D eigenvalue weighted by atomic mass is 16.3. The number of amides is 1. The second-order valence-electron chi connectivity index (χ2n) is 5.85. The molecule has 24 heavy (non-hydrogen) atoms. The van der Waals surface area contributed by atoms with E-state index in [2.05, 4.69) is 5.32 Å². The van der Waals surface area contributed by atoms with E-state index in [9.17, 15) is 9.59 Å². The number of aromatic nitrogens is 2. The van der Waals surface area contributed by atoms with Gasteiger partial charge in [-0.2, -0.15) is 0 Å². The van der Waals surface area contributed by atoms with Gasteiger partial charge in [-0.1, -0.05) is 12.1 Å². The zero-order valence-corrected chi connectivity index (χ0v) is 13.9. The third-order valence-electron chi connectivity index (χ3n) is 4.04. The molecule has 6 nitrogen and oxygen atoms in total. The number of hydrogen-bond donors (Lipinski definition) is 1. The van der Waals surface area contributed by atoms with Gasteiger partial charge in [-0.3, -0.25) is 13.9 Å². The van der Waals surface area contributed by atoms with E-state index in [0.717, 1.165) is 16.8 Å². The summed E-state index contributed by atoms with van der Waals surface area (Å²) in [5.41, 5.74) is 1.46. The maximum Gasteiger partial charge on any atom is 0.329 e. The Morgan fingerprint density at radius 2 is 1.88 bits per heavy atom. The molecular formula is C18H21N3O3. The molecule has 1 N–H and O–H groups in total. The van der Waals surface area contributed by atoms with Crippen LogP contribution >= 0.6 is 0 Å². The fourth-order valence-electron chi connectivity index (χ4n) is 2.98. The zero-order chi connectivity index (χ0) is 17.1. The van der Waals surface area contributed by atoms with Crippen LogP contribution in [0, 0.1) is 0 Å². The third kappa shape index (κ3) is 3.13. The largest absolute Gasteiger partial charge is 0.469 e. The fourth-order valence-corrected chi connectivity index (χ4v) is 2.98. The summed E-state index contributed by atoms with van der Waals surface area (Å²) in [6.07, 6.45) is 2.23. The van der Waals surface area contributed by atoms with Crippen molar-refractivity contribution in [1.29, 1.82) is 0 Å². The van der Waals surface area contributed by atoms with Crippen molar-refractivity contribution in [3.63, 3.8) is 0 Å². The number of benzene rings is 1. The van der Waals surface area contributed by atoms with Crippen LogP contribution in [-0.2, 0) is 24.3 Å². The number of fused-ring (bicyclic) bond motifs is 1. The lowest BCUT2D eigenvalue weighted by atomic mass is 10.2. The summed E-state index contributed by atoms with van der Waals surface area (Å²) in [7, 11) is 0. The van der Waals surface area contributed by atoms with Crippen LogP contribution in [0.1, 0.15) is 19.6 Å². The highest BCUT2D eigenvalue weighted by Crippen LogP contribution is 2.12. The Hall–Kier alpha value is -2.76. The summed E-state index contributed by atoms with van der Waals surface area (Å²) in [5.74, 6) is 0.637. The number of furan rings is 1. The van der Waals surface area contributed by atoms with Crippen molar-refractivity contribution in [1.82, 2.24) is 14.5 Å². The number of carbonyl (C=O) groups is 1. The van der Waals surface area contributed by atoms with Gasteiger partial charge in [-0.25, -0.2) is 4.79 Å². The predicted octanol–water partition coefficient (Wildman–Crippen LogP) is 2.16. The summed E-state index contributed by atoms with van der Waals surface area (Å²) < 4.78 is 8.49. The Morgan fingerprint density at radius 1 is 1.17 bits per heavy atom. The molecule has 3 rings (SSSR count). The van der Waals surface area contributed by atoms with E-state index in [1.165, 1.54) is 4.57 Å². The number of carbonyl (C=O) groups excluding carboxylic acids is 1. The van der Waals surface area contributed by atoms with Crippen molar-refractivity contribution < 1.29 is 9.21 Å². The third-order valence-corrected chi connectivity index (χ3v) is 4.04. The molecule has 1 aromatic carbocycles. The van der Waals surface area contributed by atoms with E-state index < -0.39 is 0 Å². The van der Waals surface area contributed by atoms with Crippen molar-refractivity contribution in [2.24, 2.45) is 0 Å². The van der Waals surface area contributed by atoms with Crippen LogP contribution < -0.4 is 11.0 Å². The fraction of sp³-hybridized carbons (Fsp3) is 0.333. The number of nitrogens with zero attached hydrogens (tertiary/aromatic N) is 2. The highest BCUT2D eigenvalue weighted by molar-refractivity contribution is 5.81. The molecule has 0 unspecified atom stereocenters. The van der Waals surface area contributed by atoms with Crippen LogP contribution in [0.15, 0.2) is 51.9 Å². The molecule has 0 saturated heterocycles. The van der Waals surface area contributed by atoms with Gasteiger partial charge in [0.25, 0.3) is 0 Å². The average Bonchev–Trinajstić information content (AvgIpc) is 3.14. The van der Waals surface area contributed by atoms with Crippen molar-refractivity contribution in [2.45, 2.75) is 39.4 Å². The van der Waals surface area contributed by atoms with Gasteiger partial charge in [0.15, 0.2) is 0 Å². The van der Waals surface area contributed by atoms with E-state index in [4.69, 9.17) is 4.42 Å². The molecule has 0 bridgehead atoms. The predicted molar refractivity (Wildman–Crippen MR) is 91.9 cm³/mol. The van der Waals surface area contributed by atoms with Crippen molar-refractivity contribution in [2.75, 3.05) is 0 Å². The Balaban J connectivity index is 1.76. The average molecular weight is 327 g/mol. The molecule has 0 aliphatic heterocycles. The van der Waals surface area contributed by atoms with Crippen molar-refractivity contribution in [3.05, 3.63) is 58.9 Å². The smallest absolute Gasteiger partial charge is 0.329 e. The first-order valence-electron chi connectivity index (χ1n) is 8.10. The Morgan fingerprint density at radius 3 is 2.50 bits per heavy atom. The van der Waals surface area contributed by atoms with Gasteiger partial charge in [-0.15, -0.1) is 0 Å². The van der Waals surface area contributed by atoms with Crippen LogP contribution in [0.4, 0.5) is 0 Å². The molecule has 1 atom stereocenters. The van der Waals surface area contributed by atoms with Crippen LogP contribution in [0.2, 0.25) is 0 Å². The summed E-state index contributed by atoms with van der Waals surface area (Å²) in [4.78, 5) is 24.9. The first-order chi connectivity index (χ1) is 11.6. The maximum atomic E-state index is 12.5. The first-order valence-corrected chi connectivity index (χ1v) is 8.10. The monoisotopic (exact) mass is 327 g/mol. The number of imidazole rings is 1. The summed E-state index contributed by atoms with van der Waals surface area (Å²) in [6, 6.07) is 11.2. The molecule has 0 aliphatic carbocycles. The normalized spacial score (nSPS) is 12.4. The van der Waals surface area contributed by atoms with Gasteiger partial charge in [0, 0.05) is 19.0 Å². The minimum Gasteiger partial charge on any atom is -0.469 e. The Kier molecular flexibility index (Phi) is 4.55. The van der Waals surface area contributed by atoms with Crippen molar-refractivity contribution in [3.8, 4) is 0 Å². The number of rotatable bonds is 6. The van der Waals surface area contributed by atoms with E-state index in [0.29, 0.717) is 13.0 Å². The lowest BCUT2D eigenvalue weighted by Gasteiger charge is -2.12. The molecule has 3 aromatic rings. The van der Waals surface area contributed by atoms with E-state index in [1.54, 1.807) is 10.8 Å². The van der Waals surface area contributed by atoms with Crippen LogP contribution in [0.3, 0.4) is 0 Å². The lowest BCUT2D eigenvalue weighted by molar-refractivity contribution is -0.122. The molecule has 2 heterocycles. The minimum absolute atomic E-state index is 0.00877. The molecule has 126 valence electrons. The van der Waals surface area contributed by atoms with Crippen LogP contribution in [0.25, 0.3) is 11.0 Å². The number of aryl methyl sites for hydroxylation is 1. The summed E-state index contributed by atoms with van der Waals surface area (Å²) >= 11 is 0. The van der Waals surface area contributed by atoms with E-state index in [-0.39, 0.29) is 24.2 Å². The molecule has 0 aliphatic rings. The maximum absolute atomic E-state index is 12.5. The topological polar surface area (TPSA) is 69.2 Å². The quantitative estimate of drug-likeness (QED) is 0.754. The Labute approximate surface area is 139 Å². The van der Waals surface area contributed by atoms with E-state index >= 15 is 0 Å². The van der Waals surface area contributed by atoms with Crippen LogP contribution in [0.5, 0.6) is 0 Å². The molecule has 0 saturated carbocycles. The van der Waals surface area contributed by atoms with Gasteiger partial charge >= 0.3 is 5.69 Å². The zero-order valence-electron chi connectivity index (χ0n) is 13.9. The van der Waals surface area contributed by atoms with Gasteiger partial charge in [0.1, 0.15) is 12.3 Å². The standard InChI is InChI=1S/C18H21N3O3/c1-3-20-15-8-4-5-9-16(15)21(18(20)23)12-17(22)19-13(2)11-14-7-6-10-24-14/h4-10,13H,3,11-12H2,1-2H3,(H,19,22)/t13-/m1/s1. The SMILES string of the molecule is CCn1c(=O)n(CC(=O)N[C@H](C)Cc2ccco2)c2ccccc21. The highest BCUT2D eigenvalue weighted by Gasteiger charge is 2.16. The Bertz CT molecular complexity index is 890. The second-order valence-corrected chi connectivity index (χ2v) is 5.85. The van der Waals surface area contributed by atoms with E-state index in [1.807, 2.05) is 50.2 Å². The van der Waals surface area contributed by atoms with Crippen molar-refractivity contribution >= 4 is 16.9 Å². The molecule has 0 fully saturated rings. The number of hydrogen-bond acceptors (Lipinski definition) is 3. The van der Waals surface area contributed by atoms with Gasteiger partial charge in [-0.05, 0) is 38.1 Å². The molecular weight excluding hydrogens is 306 g/mol. The number of para-hydroxylation sites is 2. The first kappa shape index (κ1) is 16.1.